The van der Waals surface area contributed by atoms with Crippen molar-refractivity contribution in [3.63, 3.8) is 0 Å². The highest BCUT2D eigenvalue weighted by Gasteiger charge is 2.49. The molecule has 0 N–H and O–H groups in total. The first-order valence-corrected chi connectivity index (χ1v) is 14.4. The van der Waals surface area contributed by atoms with Gasteiger partial charge in [0.05, 0.1) is 0 Å². The second-order valence-corrected chi connectivity index (χ2v) is 11.9. The van der Waals surface area contributed by atoms with Crippen molar-refractivity contribution >= 4 is 15.7 Å². The van der Waals surface area contributed by atoms with Crippen molar-refractivity contribution in [1.29, 1.82) is 0 Å². The average molecular weight is 579 g/mol. The zero-order valence-corrected chi connectivity index (χ0v) is 22.1. The highest BCUT2D eigenvalue weighted by Crippen LogP contribution is 2.44. The Morgan fingerprint density at radius 1 is 0.821 bits per heavy atom. The molecular formula is C28H29F7O3S. The molecule has 4 rings (SSSR count). The predicted octanol–water partition coefficient (Wildman–Crippen LogP) is 8.93. The average Bonchev–Trinajstić information content (AvgIpc) is 2.89. The lowest BCUT2D eigenvalue weighted by Crippen LogP contribution is -2.28. The highest BCUT2D eigenvalue weighted by atomic mass is 32.2. The maximum atomic E-state index is 15.2. The van der Waals surface area contributed by atoms with E-state index in [9.17, 15) is 30.4 Å². The smallest absolute Gasteiger partial charge is 0.372 e. The summed E-state index contributed by atoms with van der Waals surface area (Å²) in [5.41, 5.74) is -7.09. The van der Waals surface area contributed by atoms with Crippen LogP contribution in [0.1, 0.15) is 70.3 Å². The van der Waals surface area contributed by atoms with Gasteiger partial charge in [-0.15, -0.1) is 0 Å². The molecular weight excluding hydrogens is 549 g/mol. The summed E-state index contributed by atoms with van der Waals surface area (Å²) in [5, 5.41) is 0. The fourth-order valence-corrected chi connectivity index (χ4v) is 6.35. The summed E-state index contributed by atoms with van der Waals surface area (Å²) in [6.45, 7) is 2.19. The Morgan fingerprint density at radius 2 is 1.44 bits per heavy atom. The van der Waals surface area contributed by atoms with Crippen molar-refractivity contribution in [2.24, 2.45) is 17.8 Å². The molecule has 0 radical (unpaired) electrons. The molecule has 2 aromatic rings. The van der Waals surface area contributed by atoms with Crippen LogP contribution in [0.4, 0.5) is 30.7 Å². The van der Waals surface area contributed by atoms with E-state index >= 15 is 8.78 Å². The van der Waals surface area contributed by atoms with Crippen molar-refractivity contribution in [2.75, 3.05) is 0 Å². The van der Waals surface area contributed by atoms with Crippen LogP contribution in [-0.4, -0.2) is 13.9 Å². The summed E-state index contributed by atoms with van der Waals surface area (Å²) in [5.74, 6) is -6.58. The molecule has 11 heteroatoms. The molecule has 0 amide bonds. The molecule has 214 valence electrons. The van der Waals surface area contributed by atoms with Gasteiger partial charge in [-0.1, -0.05) is 50.8 Å². The molecule has 1 saturated carbocycles. The van der Waals surface area contributed by atoms with Gasteiger partial charge < -0.3 is 4.18 Å². The second kappa shape index (κ2) is 11.5. The monoisotopic (exact) mass is 578 g/mol. The van der Waals surface area contributed by atoms with Crippen LogP contribution >= 0.6 is 0 Å². The van der Waals surface area contributed by atoms with Gasteiger partial charge in [0.1, 0.15) is 0 Å². The van der Waals surface area contributed by atoms with Crippen LogP contribution in [0.5, 0.6) is 5.75 Å². The van der Waals surface area contributed by atoms with Crippen LogP contribution in [0.3, 0.4) is 0 Å². The van der Waals surface area contributed by atoms with Gasteiger partial charge in [0, 0.05) is 16.7 Å². The molecule has 0 bridgehead atoms. The summed E-state index contributed by atoms with van der Waals surface area (Å²) >= 11 is 0. The minimum Gasteiger partial charge on any atom is -0.372 e. The zero-order chi connectivity index (χ0) is 28.5. The molecule has 0 aliphatic heterocycles. The van der Waals surface area contributed by atoms with E-state index in [-0.39, 0.29) is 5.56 Å². The first kappa shape index (κ1) is 29.4. The van der Waals surface area contributed by atoms with Gasteiger partial charge in [-0.25, -0.2) is 13.2 Å². The van der Waals surface area contributed by atoms with Gasteiger partial charge in [0.25, 0.3) is 0 Å². The lowest BCUT2D eigenvalue weighted by atomic mass is 9.70. The molecule has 2 aliphatic rings. The number of allylic oxidation sites excluding steroid dienone is 2. The second-order valence-electron chi connectivity index (χ2n) is 10.3. The number of benzene rings is 2. The minimum absolute atomic E-state index is 0.0469. The third-order valence-electron chi connectivity index (χ3n) is 7.95. The van der Waals surface area contributed by atoms with Crippen molar-refractivity contribution < 1.29 is 43.3 Å². The molecule has 2 aliphatic carbocycles. The molecule has 2 aromatic carbocycles. The fourth-order valence-electron chi connectivity index (χ4n) is 5.87. The van der Waals surface area contributed by atoms with E-state index in [1.165, 1.54) is 44.6 Å². The Bertz CT molecular complexity index is 1340. The third-order valence-corrected chi connectivity index (χ3v) is 8.90. The Morgan fingerprint density at radius 3 is 2.03 bits per heavy atom. The van der Waals surface area contributed by atoms with E-state index in [4.69, 9.17) is 0 Å². The molecule has 0 aromatic heterocycles. The lowest BCUT2D eigenvalue weighted by Gasteiger charge is -2.35. The zero-order valence-electron chi connectivity index (χ0n) is 21.3. The van der Waals surface area contributed by atoms with Gasteiger partial charge >= 0.3 is 15.6 Å². The van der Waals surface area contributed by atoms with Gasteiger partial charge in [0.2, 0.25) is 5.82 Å². The molecule has 3 nitrogen and oxygen atoms in total. The summed E-state index contributed by atoms with van der Waals surface area (Å²) in [6.07, 6.45) is 11.1. The molecule has 1 fully saturated rings. The number of hydrogen-bond acceptors (Lipinski definition) is 3. The summed E-state index contributed by atoms with van der Waals surface area (Å²) < 4.78 is 124. The van der Waals surface area contributed by atoms with Crippen molar-refractivity contribution in [3.8, 4) is 16.9 Å². The van der Waals surface area contributed by atoms with E-state index in [0.717, 1.165) is 24.8 Å². The maximum Gasteiger partial charge on any atom is 0.534 e. The molecule has 1 unspecified atom stereocenters. The molecule has 0 heterocycles. The lowest BCUT2D eigenvalue weighted by molar-refractivity contribution is -0.0500. The Labute approximate surface area is 223 Å². The number of halogens is 7. The minimum atomic E-state index is -6.42. The van der Waals surface area contributed by atoms with Gasteiger partial charge in [-0.05, 0) is 67.6 Å². The quantitative estimate of drug-likeness (QED) is 0.187. The molecule has 0 spiro atoms. The normalized spacial score (nSPS) is 22.5. The van der Waals surface area contributed by atoms with Crippen molar-refractivity contribution in [3.05, 3.63) is 59.2 Å². The van der Waals surface area contributed by atoms with Crippen LogP contribution in [0.25, 0.3) is 16.7 Å². The van der Waals surface area contributed by atoms with E-state index < -0.39 is 55.8 Å². The van der Waals surface area contributed by atoms with Gasteiger partial charge in [-0.2, -0.15) is 26.0 Å². The van der Waals surface area contributed by atoms with Crippen molar-refractivity contribution in [1.82, 2.24) is 0 Å². The first-order chi connectivity index (χ1) is 18.3. The SMILES string of the molecule is CCCC1CCC(C2CC=C(c3ccc(-c4ccc(F)c(F)c4OS(=O)(=O)C(F)(F)F)c(F)c3F)CC2)CC1. The predicted molar refractivity (Wildman–Crippen MR) is 133 cm³/mol. The largest absolute Gasteiger partial charge is 0.534 e. The van der Waals surface area contributed by atoms with E-state index in [1.54, 1.807) is 0 Å². The van der Waals surface area contributed by atoms with Gasteiger partial charge in [0.15, 0.2) is 23.2 Å². The van der Waals surface area contributed by atoms with Crippen LogP contribution < -0.4 is 4.18 Å². The van der Waals surface area contributed by atoms with E-state index in [1.807, 2.05) is 6.08 Å². The Kier molecular flexibility index (Phi) is 8.68. The third kappa shape index (κ3) is 6.12. The first-order valence-electron chi connectivity index (χ1n) is 13.0. The molecule has 1 atom stereocenters. The Hall–Kier alpha value is -2.56. The topological polar surface area (TPSA) is 43.4 Å². The van der Waals surface area contributed by atoms with Crippen LogP contribution in [-0.2, 0) is 10.1 Å². The van der Waals surface area contributed by atoms with Gasteiger partial charge in [-0.3, -0.25) is 0 Å². The van der Waals surface area contributed by atoms with Crippen LogP contribution in [0.15, 0.2) is 30.3 Å². The van der Waals surface area contributed by atoms with Crippen LogP contribution in [0, 0.1) is 41.0 Å². The number of rotatable bonds is 7. The summed E-state index contributed by atoms with van der Waals surface area (Å²) in [6, 6.07) is 3.24. The number of alkyl halides is 3. The number of hydrogen-bond donors (Lipinski definition) is 0. The highest BCUT2D eigenvalue weighted by molar-refractivity contribution is 7.88. The van der Waals surface area contributed by atoms with E-state index in [0.29, 0.717) is 36.0 Å². The molecule has 0 saturated heterocycles. The fraction of sp³-hybridized carbons (Fsp3) is 0.500. The van der Waals surface area contributed by atoms with Crippen molar-refractivity contribution in [2.45, 2.75) is 70.2 Å². The summed E-state index contributed by atoms with van der Waals surface area (Å²) in [7, 11) is -6.42. The maximum absolute atomic E-state index is 15.2. The summed E-state index contributed by atoms with van der Waals surface area (Å²) in [4.78, 5) is 0. The standard InChI is InChI=1S/C28H29F7O3S/c1-2-3-16-4-6-17(7-5-16)18-8-10-19(11-9-18)20-12-13-21(25(31)24(20)30)22-14-15-23(29)26(32)27(22)38-39(36,37)28(33,34)35/h10,12-18H,2-9,11H2,1H3. The Balaban J connectivity index is 1.59. The molecule has 39 heavy (non-hydrogen) atoms. The van der Waals surface area contributed by atoms with Crippen LogP contribution in [0.2, 0.25) is 0 Å². The van der Waals surface area contributed by atoms with E-state index in [2.05, 4.69) is 11.1 Å².